The second-order valence-electron chi connectivity index (χ2n) is 4.48. The predicted octanol–water partition coefficient (Wildman–Crippen LogP) is 1.76. The van der Waals surface area contributed by atoms with Gasteiger partial charge < -0.3 is 9.47 Å². The minimum Gasteiger partial charge on any atom is -0.426 e. The molecule has 0 saturated heterocycles. The molecule has 2 aromatic carbocycles. The summed E-state index contributed by atoms with van der Waals surface area (Å²) < 4.78 is 10.2. The first-order valence-electron chi connectivity index (χ1n) is 5.71. The van der Waals surface area contributed by atoms with Crippen molar-refractivity contribution < 1.29 is 19.1 Å². The van der Waals surface area contributed by atoms with Crippen molar-refractivity contribution in [2.24, 2.45) is 0 Å². The Hall–Kier alpha value is -2.36. The Morgan fingerprint density at radius 3 is 1.61 bits per heavy atom. The van der Waals surface area contributed by atoms with Gasteiger partial charge in [0.15, 0.2) is 0 Å². The molecule has 2 aliphatic heterocycles. The van der Waals surface area contributed by atoms with Gasteiger partial charge in [-0.1, -0.05) is 12.1 Å². The largest absolute Gasteiger partial charge is 0.426 e. The van der Waals surface area contributed by atoms with Crippen LogP contribution >= 0.6 is 0 Å². The van der Waals surface area contributed by atoms with E-state index in [0.29, 0.717) is 24.3 Å². The zero-order chi connectivity index (χ0) is 12.3. The van der Waals surface area contributed by atoms with Crippen LogP contribution in [0.3, 0.4) is 0 Å². The molecule has 0 atom stereocenters. The lowest BCUT2D eigenvalue weighted by atomic mass is 9.97. The summed E-state index contributed by atoms with van der Waals surface area (Å²) in [5, 5.41) is 1.94. The van der Waals surface area contributed by atoms with E-state index in [4.69, 9.17) is 9.47 Å². The van der Waals surface area contributed by atoms with Crippen LogP contribution < -0.4 is 9.47 Å². The van der Waals surface area contributed by atoms with E-state index in [9.17, 15) is 9.59 Å². The molecule has 0 amide bonds. The quantitative estimate of drug-likeness (QED) is 0.520. The number of hydrogen-bond donors (Lipinski definition) is 0. The molecule has 0 bridgehead atoms. The minimum absolute atomic E-state index is 0.231. The number of esters is 2. The molecular formula is C14H8O4. The third-order valence-electron chi connectivity index (χ3n) is 3.43. The molecule has 0 saturated carbocycles. The van der Waals surface area contributed by atoms with Gasteiger partial charge in [-0.3, -0.25) is 9.59 Å². The van der Waals surface area contributed by atoms with Crippen molar-refractivity contribution in [1.29, 1.82) is 0 Å². The van der Waals surface area contributed by atoms with Crippen LogP contribution in [0.4, 0.5) is 0 Å². The second-order valence-corrected chi connectivity index (χ2v) is 4.48. The van der Waals surface area contributed by atoms with Crippen molar-refractivity contribution in [2.45, 2.75) is 12.8 Å². The Labute approximate surface area is 102 Å². The number of rotatable bonds is 0. The Morgan fingerprint density at radius 1 is 0.722 bits per heavy atom. The smallest absolute Gasteiger partial charge is 0.315 e. The highest BCUT2D eigenvalue weighted by Crippen LogP contribution is 2.39. The van der Waals surface area contributed by atoms with Crippen LogP contribution in [0.15, 0.2) is 24.3 Å². The molecule has 0 aromatic heterocycles. The first-order chi connectivity index (χ1) is 8.72. The third-order valence-corrected chi connectivity index (χ3v) is 3.43. The van der Waals surface area contributed by atoms with Crippen molar-refractivity contribution in [3.63, 3.8) is 0 Å². The van der Waals surface area contributed by atoms with Crippen LogP contribution in [0.1, 0.15) is 11.1 Å². The summed E-state index contributed by atoms with van der Waals surface area (Å²) in [5.74, 6) is 0.783. The highest BCUT2D eigenvalue weighted by atomic mass is 16.5. The molecule has 0 spiro atoms. The molecule has 4 nitrogen and oxygen atoms in total. The van der Waals surface area contributed by atoms with Gasteiger partial charge in [-0.05, 0) is 22.9 Å². The zero-order valence-corrected chi connectivity index (χ0v) is 9.36. The van der Waals surface area contributed by atoms with Gasteiger partial charge in [-0.25, -0.2) is 0 Å². The summed E-state index contributed by atoms with van der Waals surface area (Å²) in [6.07, 6.45) is 0.584. The summed E-state index contributed by atoms with van der Waals surface area (Å²) >= 11 is 0. The van der Waals surface area contributed by atoms with Gasteiger partial charge in [0.1, 0.15) is 11.5 Å². The molecule has 2 heterocycles. The van der Waals surface area contributed by atoms with E-state index >= 15 is 0 Å². The highest BCUT2D eigenvalue weighted by Gasteiger charge is 2.27. The minimum atomic E-state index is -0.231. The summed E-state index contributed by atoms with van der Waals surface area (Å²) in [7, 11) is 0. The van der Waals surface area contributed by atoms with E-state index in [1.165, 1.54) is 0 Å². The van der Waals surface area contributed by atoms with Crippen molar-refractivity contribution in [1.82, 2.24) is 0 Å². The molecular weight excluding hydrogens is 232 g/mol. The van der Waals surface area contributed by atoms with Crippen LogP contribution in [-0.4, -0.2) is 11.9 Å². The van der Waals surface area contributed by atoms with E-state index in [1.54, 1.807) is 12.1 Å². The van der Waals surface area contributed by atoms with Gasteiger partial charge >= 0.3 is 11.9 Å². The number of fused-ring (bicyclic) bond motifs is 5. The van der Waals surface area contributed by atoms with Crippen molar-refractivity contribution in [3.05, 3.63) is 35.4 Å². The zero-order valence-electron chi connectivity index (χ0n) is 9.36. The molecule has 88 valence electrons. The second kappa shape index (κ2) is 3.10. The lowest BCUT2D eigenvalue weighted by Gasteiger charge is -2.06. The summed E-state index contributed by atoms with van der Waals surface area (Å²) in [5.41, 5.74) is 1.80. The van der Waals surface area contributed by atoms with Gasteiger partial charge in [0, 0.05) is 11.1 Å². The fourth-order valence-corrected chi connectivity index (χ4v) is 2.65. The highest BCUT2D eigenvalue weighted by molar-refractivity contribution is 6.00. The summed E-state index contributed by atoms with van der Waals surface area (Å²) in [6.45, 7) is 0. The fourth-order valence-electron chi connectivity index (χ4n) is 2.65. The van der Waals surface area contributed by atoms with E-state index < -0.39 is 0 Å². The molecule has 0 N–H and O–H groups in total. The lowest BCUT2D eigenvalue weighted by molar-refractivity contribution is -0.132. The number of carbonyl (C=O) groups excluding carboxylic acids is 2. The summed E-state index contributed by atoms with van der Waals surface area (Å²) in [4.78, 5) is 22.7. The van der Waals surface area contributed by atoms with Gasteiger partial charge in [0.05, 0.1) is 12.8 Å². The van der Waals surface area contributed by atoms with Crippen LogP contribution in [0, 0.1) is 0 Å². The number of carbonyl (C=O) groups is 2. The number of benzene rings is 2. The molecule has 0 fully saturated rings. The normalized spacial score (nSPS) is 16.4. The van der Waals surface area contributed by atoms with E-state index in [2.05, 4.69) is 0 Å². The van der Waals surface area contributed by atoms with Gasteiger partial charge in [0.2, 0.25) is 0 Å². The lowest BCUT2D eigenvalue weighted by Crippen LogP contribution is -2.00. The molecule has 0 aliphatic carbocycles. The molecule has 4 rings (SSSR count). The first-order valence-corrected chi connectivity index (χ1v) is 5.71. The maximum absolute atomic E-state index is 11.3. The fraction of sp³-hybridized carbons (Fsp3) is 0.143. The molecule has 0 unspecified atom stereocenters. The maximum atomic E-state index is 11.3. The van der Waals surface area contributed by atoms with Crippen LogP contribution in [0.2, 0.25) is 0 Å². The Morgan fingerprint density at radius 2 is 1.17 bits per heavy atom. The Bertz CT molecular complexity index is 667. The number of ether oxygens (including phenoxy) is 2. The van der Waals surface area contributed by atoms with Gasteiger partial charge in [0.25, 0.3) is 0 Å². The molecule has 4 heteroatoms. The van der Waals surface area contributed by atoms with Gasteiger partial charge in [-0.2, -0.15) is 0 Å². The molecule has 0 radical (unpaired) electrons. The summed E-state index contributed by atoms with van der Waals surface area (Å²) in [6, 6.07) is 7.33. The van der Waals surface area contributed by atoms with Crippen molar-refractivity contribution in [2.75, 3.05) is 0 Å². The molecule has 2 aliphatic rings. The SMILES string of the molecule is O=C1Cc2c(ccc3c4c(ccc23)OC(=O)C4)O1. The maximum Gasteiger partial charge on any atom is 0.315 e. The standard InChI is InChI=1S/C14H8O4/c15-13-5-9-7-1-3-11-10(6-14(16)17-11)8(7)2-4-12(9)18-13/h1-4H,5-6H2. The average Bonchev–Trinajstić information content (AvgIpc) is 2.89. The predicted molar refractivity (Wildman–Crippen MR) is 62.6 cm³/mol. The van der Waals surface area contributed by atoms with Crippen LogP contribution in [0.5, 0.6) is 11.5 Å². The van der Waals surface area contributed by atoms with Crippen LogP contribution in [0.25, 0.3) is 10.8 Å². The monoisotopic (exact) mass is 240 g/mol. The topological polar surface area (TPSA) is 52.6 Å². The van der Waals surface area contributed by atoms with Gasteiger partial charge in [-0.15, -0.1) is 0 Å². The van der Waals surface area contributed by atoms with E-state index in [1.807, 2.05) is 12.1 Å². The van der Waals surface area contributed by atoms with E-state index in [0.717, 1.165) is 21.9 Å². The third kappa shape index (κ3) is 1.14. The van der Waals surface area contributed by atoms with Crippen molar-refractivity contribution in [3.8, 4) is 11.5 Å². The van der Waals surface area contributed by atoms with Crippen LogP contribution in [-0.2, 0) is 22.4 Å². The van der Waals surface area contributed by atoms with Crippen molar-refractivity contribution >= 4 is 22.7 Å². The Balaban J connectivity index is 2.05. The van der Waals surface area contributed by atoms with E-state index in [-0.39, 0.29) is 11.9 Å². The Kier molecular flexibility index (Phi) is 1.66. The molecule has 2 aromatic rings. The molecule has 18 heavy (non-hydrogen) atoms. The average molecular weight is 240 g/mol. The first kappa shape index (κ1) is 9.65. The number of hydrogen-bond acceptors (Lipinski definition) is 4.